The van der Waals surface area contributed by atoms with Crippen LogP contribution in [0.2, 0.25) is 0 Å². The SMILES string of the molecule is C=CC(=O)Cl.C=CC(=O)N(C)[C@@H](C)C(=O)CCCOc1cc(Nc2ncc(C3CCC3)s2)nc(CC)n1.CCc1nc(Nc2ncc(C3CCC3)s2)cc(OCCCC(=O)[C@H](C)N(C)C(=O)OC(C)(C)C)n1.CCc1nc(Nc2ncc(C3CCC3)s2)cc(OCCCC(=O)[C@H](C)NC)n1.Cl. The van der Waals surface area contributed by atoms with Gasteiger partial charge in [-0.25, -0.2) is 34.7 Å². The van der Waals surface area contributed by atoms with Crippen LogP contribution in [0.3, 0.4) is 0 Å². The summed E-state index contributed by atoms with van der Waals surface area (Å²) < 4.78 is 22.8. The number of Topliss-reactive ketones (excluding diaryl/α,β-unsaturated/α-hetero) is 3. The van der Waals surface area contributed by atoms with Crippen molar-refractivity contribution in [3.05, 3.63) is 94.2 Å². The zero-order valence-corrected chi connectivity index (χ0v) is 64.4. The molecule has 6 heterocycles. The second-order valence-corrected chi connectivity index (χ2v) is 29.0. The largest absolute Gasteiger partial charge is 0.478 e. The molecule has 2 amide bonds. The van der Waals surface area contributed by atoms with E-state index in [4.69, 9.17) is 30.5 Å². The van der Waals surface area contributed by atoms with E-state index >= 15 is 0 Å². The molecular weight excluding hydrogens is 1390 g/mol. The Morgan fingerprint density at radius 1 is 0.564 bits per heavy atom. The predicted molar refractivity (Wildman–Crippen MR) is 402 cm³/mol. The van der Waals surface area contributed by atoms with Crippen LogP contribution in [0.25, 0.3) is 0 Å². The standard InChI is InChI=1S/C25H37N5O4S.C23H31N5O3S.C20H29N5O2S.C3H3ClO.ClH/c1-7-20-27-21(29-23-26-15-19(35-23)17-10-8-11-17)14-22(28-20)33-13-9-12-18(31)16(2)30(6)24(32)34-25(3,4)5;1-5-19-25-20(27-23-24-14-18(32-23)16-9-7-10-16)13-21(26-19)31-12-8-11-17(29)15(3)28(4)22(30)6-2;1-4-17-23-18(25-20-22-12-16(28-20)14-7-5-8-14)11-19(24-17)27-10-6-9-15(26)13(2)21-3;1-2-3(4)5;/h14-17H,7-13H2,1-6H3,(H,26,27,28,29);6,13-16H,2,5,7-12H2,1,3-4H3,(H,24,25,26,27);11-14,21H,4-10H2,1-3H3,(H,22,23,24,25);2H,1H2;1H/t16-;15-;13-;;/m000../s1. The lowest BCUT2D eigenvalue weighted by Crippen LogP contribution is -2.43. The number of hydrogen-bond acceptors (Lipinski definition) is 26. The maximum atomic E-state index is 12.6. The molecular formula is C71H101Cl2N15O10S3. The first-order valence-corrected chi connectivity index (χ1v) is 37.3. The zero-order chi connectivity index (χ0) is 72.9. The smallest absolute Gasteiger partial charge is 0.410 e. The number of amides is 2. The number of nitrogens with one attached hydrogen (secondary N) is 4. The van der Waals surface area contributed by atoms with E-state index in [9.17, 15) is 28.8 Å². The van der Waals surface area contributed by atoms with Gasteiger partial charge < -0.3 is 50.0 Å². The van der Waals surface area contributed by atoms with Crippen molar-refractivity contribution in [3.63, 3.8) is 0 Å². The van der Waals surface area contributed by atoms with Gasteiger partial charge in [0.15, 0.2) is 27.0 Å². The number of likely N-dealkylation sites (N-methyl/N-ethyl adjacent to an activating group) is 3. The summed E-state index contributed by atoms with van der Waals surface area (Å²) in [6.45, 7) is 24.3. The molecule has 6 aromatic rings. The van der Waals surface area contributed by atoms with E-state index in [0.29, 0.717) is 129 Å². The average molecular weight is 1490 g/mol. The Labute approximate surface area is 617 Å². The third-order valence-corrected chi connectivity index (χ3v) is 20.2. The number of ether oxygens (including phenoxy) is 4. The highest BCUT2D eigenvalue weighted by Crippen LogP contribution is 2.43. The molecule has 3 aliphatic rings. The second kappa shape index (κ2) is 42.7. The van der Waals surface area contributed by atoms with Crippen LogP contribution in [-0.4, -0.2) is 154 Å². The number of allylic oxidation sites excluding steroid dienone is 1. The molecule has 0 spiro atoms. The van der Waals surface area contributed by atoms with Crippen LogP contribution < -0.4 is 35.5 Å². The van der Waals surface area contributed by atoms with Crippen LogP contribution >= 0.6 is 58.0 Å². The van der Waals surface area contributed by atoms with Gasteiger partial charge in [0, 0.05) is 104 Å². The normalized spacial score (nSPS) is 14.1. The minimum Gasteiger partial charge on any atom is -0.478 e. The summed E-state index contributed by atoms with van der Waals surface area (Å²) in [7, 11) is 4.97. The van der Waals surface area contributed by atoms with Crippen LogP contribution in [0.4, 0.5) is 37.6 Å². The maximum Gasteiger partial charge on any atom is 0.410 e. The highest BCUT2D eigenvalue weighted by atomic mass is 35.5. The number of carbonyl (C=O) groups excluding carboxylic acids is 6. The Kier molecular flexibility index (Phi) is 35.5. The van der Waals surface area contributed by atoms with Crippen LogP contribution in [0.5, 0.6) is 17.6 Å². The van der Waals surface area contributed by atoms with Gasteiger partial charge in [0.2, 0.25) is 28.8 Å². The number of anilines is 6. The molecule has 3 saturated carbocycles. The number of halogens is 2. The summed E-state index contributed by atoms with van der Waals surface area (Å²) in [5.41, 5.74) is -0.608. The predicted octanol–water partition coefficient (Wildman–Crippen LogP) is 15.0. The van der Waals surface area contributed by atoms with E-state index < -0.39 is 29.0 Å². The number of carbonyl (C=O) groups is 6. The first-order valence-electron chi connectivity index (χ1n) is 34.4. The molecule has 6 aromatic heterocycles. The lowest BCUT2D eigenvalue weighted by molar-refractivity contribution is -0.134. The molecule has 0 aliphatic heterocycles. The lowest BCUT2D eigenvalue weighted by atomic mass is 9.85. The van der Waals surface area contributed by atoms with Crippen molar-refractivity contribution in [2.24, 2.45) is 0 Å². The third kappa shape index (κ3) is 28.3. The van der Waals surface area contributed by atoms with Gasteiger partial charge in [-0.2, -0.15) is 15.0 Å². The average Bonchev–Trinajstić information content (AvgIpc) is 1.82. The number of aromatic nitrogens is 9. The maximum absolute atomic E-state index is 12.6. The summed E-state index contributed by atoms with van der Waals surface area (Å²) in [4.78, 5) is 117. The fourth-order valence-corrected chi connectivity index (χ4v) is 12.6. The molecule has 30 heteroatoms. The molecule has 3 fully saturated rings. The van der Waals surface area contributed by atoms with Crippen LogP contribution in [0.15, 0.2) is 62.1 Å². The van der Waals surface area contributed by atoms with Gasteiger partial charge in [-0.3, -0.25) is 24.0 Å². The van der Waals surface area contributed by atoms with Crippen molar-refractivity contribution in [2.75, 3.05) is 56.9 Å². The number of thiazole rings is 3. The Bertz CT molecular complexity index is 3650. The number of aryl methyl sites for hydroxylation is 3. The highest BCUT2D eigenvalue weighted by molar-refractivity contribution is 7.16. The van der Waals surface area contributed by atoms with E-state index in [1.165, 1.54) is 88.3 Å². The van der Waals surface area contributed by atoms with E-state index in [2.05, 4.69) is 79.3 Å². The van der Waals surface area contributed by atoms with Crippen LogP contribution in [0, 0.1) is 0 Å². The number of hydrogen-bond donors (Lipinski definition) is 4. The molecule has 0 saturated heterocycles. The second-order valence-electron chi connectivity index (χ2n) is 25.4. The lowest BCUT2D eigenvalue weighted by Gasteiger charge is -2.28. The molecule has 0 aromatic carbocycles. The summed E-state index contributed by atoms with van der Waals surface area (Å²) in [6, 6.07) is 4.11. The molecule has 552 valence electrons. The molecule has 9 rings (SSSR count). The molecule has 3 atom stereocenters. The molecule has 101 heavy (non-hydrogen) atoms. The minimum atomic E-state index is -0.608. The quantitative estimate of drug-likeness (QED) is 0.0163. The van der Waals surface area contributed by atoms with E-state index in [1.807, 2.05) is 46.3 Å². The first kappa shape index (κ1) is 84.0. The van der Waals surface area contributed by atoms with Crippen LogP contribution in [0.1, 0.15) is 208 Å². The van der Waals surface area contributed by atoms with Gasteiger partial charge in [-0.15, -0.1) is 46.4 Å². The molecule has 0 bridgehead atoms. The first-order chi connectivity index (χ1) is 47.8. The van der Waals surface area contributed by atoms with Crippen molar-refractivity contribution < 1.29 is 47.7 Å². The summed E-state index contributed by atoms with van der Waals surface area (Å²) in [5.74, 6) is 7.33. The number of ketones is 3. The van der Waals surface area contributed by atoms with E-state index in [0.717, 1.165) is 33.7 Å². The van der Waals surface area contributed by atoms with Crippen molar-refractivity contribution in [2.45, 2.75) is 219 Å². The molecule has 4 N–H and O–H groups in total. The zero-order valence-electron chi connectivity index (χ0n) is 60.4. The molecule has 0 radical (unpaired) electrons. The van der Waals surface area contributed by atoms with Gasteiger partial charge >= 0.3 is 6.09 Å². The number of nitrogens with zero attached hydrogens (tertiary/aromatic N) is 11. The third-order valence-electron chi connectivity index (χ3n) is 16.8. The van der Waals surface area contributed by atoms with Crippen molar-refractivity contribution in [1.82, 2.24) is 60.0 Å². The van der Waals surface area contributed by atoms with Crippen molar-refractivity contribution in [3.8, 4) is 17.6 Å². The van der Waals surface area contributed by atoms with Crippen molar-refractivity contribution >= 4 is 125 Å². The molecule has 25 nitrogen and oxygen atoms in total. The highest BCUT2D eigenvalue weighted by Gasteiger charge is 2.28. The van der Waals surface area contributed by atoms with E-state index in [-0.39, 0.29) is 48.1 Å². The van der Waals surface area contributed by atoms with Crippen molar-refractivity contribution in [1.29, 1.82) is 0 Å². The molecule has 3 aliphatic carbocycles. The monoisotopic (exact) mass is 1490 g/mol. The summed E-state index contributed by atoms with van der Waals surface area (Å²) in [6.07, 6.45) is 23.9. The van der Waals surface area contributed by atoms with Gasteiger partial charge in [0.25, 0.3) is 0 Å². The Balaban J connectivity index is 0.000000264. The topological polar surface area (TPSA) is 310 Å². The Morgan fingerprint density at radius 3 is 1.17 bits per heavy atom. The Hall–Kier alpha value is -7.63. The van der Waals surface area contributed by atoms with Gasteiger partial charge in [-0.05, 0) is 148 Å². The van der Waals surface area contributed by atoms with Gasteiger partial charge in [-0.1, -0.05) is 53.2 Å². The van der Waals surface area contributed by atoms with E-state index in [1.54, 1.807) is 108 Å². The number of rotatable bonds is 35. The van der Waals surface area contributed by atoms with Gasteiger partial charge in [0.1, 0.15) is 46.3 Å². The minimum absolute atomic E-state index is 0. The summed E-state index contributed by atoms with van der Waals surface area (Å²) >= 11 is 9.74. The van der Waals surface area contributed by atoms with Gasteiger partial charge in [0.05, 0.1) is 37.9 Å². The Morgan fingerprint density at radius 2 is 0.891 bits per heavy atom. The fourth-order valence-electron chi connectivity index (χ4n) is 9.64. The fraction of sp³-hybridized carbons (Fsp3) is 0.563. The van der Waals surface area contributed by atoms with Crippen LogP contribution in [-0.2, 0) is 48.0 Å². The summed E-state index contributed by atoms with van der Waals surface area (Å²) in [5, 5.41) is 14.8. The molecule has 0 unspecified atom stereocenters.